The zero-order chi connectivity index (χ0) is 9.68. The molecular formula is C11H13FO. The lowest BCUT2D eigenvalue weighted by Crippen LogP contribution is -1.99. The van der Waals surface area contributed by atoms with E-state index in [1.807, 2.05) is 6.92 Å². The van der Waals surface area contributed by atoms with Crippen LogP contribution in [0.15, 0.2) is 24.3 Å². The standard InChI is InChI=1S/C11H13FO/c1-2-3-10(8-13)9-4-6-11(12)7-5-9/h4-8,10H,2-3H2,1H3. The van der Waals surface area contributed by atoms with Gasteiger partial charge in [-0.1, -0.05) is 25.5 Å². The summed E-state index contributed by atoms with van der Waals surface area (Å²) < 4.78 is 12.6. The lowest BCUT2D eigenvalue weighted by Gasteiger charge is -2.08. The van der Waals surface area contributed by atoms with Crippen molar-refractivity contribution in [3.8, 4) is 0 Å². The minimum absolute atomic E-state index is 0.0781. The summed E-state index contributed by atoms with van der Waals surface area (Å²) >= 11 is 0. The molecule has 1 rings (SSSR count). The van der Waals surface area contributed by atoms with Gasteiger partial charge in [-0.3, -0.25) is 0 Å². The molecule has 0 heterocycles. The van der Waals surface area contributed by atoms with Crippen molar-refractivity contribution in [3.63, 3.8) is 0 Å². The molecule has 1 aromatic carbocycles. The van der Waals surface area contributed by atoms with Gasteiger partial charge in [0.25, 0.3) is 0 Å². The Morgan fingerprint density at radius 3 is 2.46 bits per heavy atom. The second-order valence-corrected chi connectivity index (χ2v) is 3.08. The highest BCUT2D eigenvalue weighted by atomic mass is 19.1. The fourth-order valence-corrected chi connectivity index (χ4v) is 1.33. The number of rotatable bonds is 4. The molecule has 70 valence electrons. The minimum Gasteiger partial charge on any atom is -0.303 e. The Kier molecular flexibility index (Phi) is 3.62. The number of hydrogen-bond acceptors (Lipinski definition) is 1. The average molecular weight is 180 g/mol. The van der Waals surface area contributed by atoms with Gasteiger partial charge in [0.2, 0.25) is 0 Å². The SMILES string of the molecule is CCCC(C=O)c1ccc(F)cc1. The van der Waals surface area contributed by atoms with Gasteiger partial charge in [-0.2, -0.15) is 0 Å². The second kappa shape index (κ2) is 4.75. The lowest BCUT2D eigenvalue weighted by atomic mass is 9.96. The van der Waals surface area contributed by atoms with Crippen molar-refractivity contribution in [2.75, 3.05) is 0 Å². The summed E-state index contributed by atoms with van der Waals surface area (Å²) in [5, 5.41) is 0. The topological polar surface area (TPSA) is 17.1 Å². The molecule has 0 saturated heterocycles. The summed E-state index contributed by atoms with van der Waals surface area (Å²) in [5.74, 6) is -0.338. The third kappa shape index (κ3) is 2.65. The molecule has 0 aliphatic rings. The first kappa shape index (κ1) is 9.90. The van der Waals surface area contributed by atoms with Crippen molar-refractivity contribution in [1.29, 1.82) is 0 Å². The summed E-state index contributed by atoms with van der Waals surface area (Å²) in [6.07, 6.45) is 2.71. The van der Waals surface area contributed by atoms with Gasteiger partial charge in [-0.15, -0.1) is 0 Å². The Bertz CT molecular complexity index is 266. The van der Waals surface area contributed by atoms with Crippen LogP contribution >= 0.6 is 0 Å². The summed E-state index contributed by atoms with van der Waals surface area (Å²) in [7, 11) is 0. The molecule has 0 aromatic heterocycles. The molecule has 1 atom stereocenters. The van der Waals surface area contributed by atoms with Gasteiger partial charge in [0.05, 0.1) is 0 Å². The fourth-order valence-electron chi connectivity index (χ4n) is 1.33. The Morgan fingerprint density at radius 2 is 2.00 bits per heavy atom. The van der Waals surface area contributed by atoms with Crippen LogP contribution in [0.2, 0.25) is 0 Å². The third-order valence-electron chi connectivity index (χ3n) is 2.06. The van der Waals surface area contributed by atoms with E-state index in [1.165, 1.54) is 12.1 Å². The highest BCUT2D eigenvalue weighted by Gasteiger charge is 2.08. The van der Waals surface area contributed by atoms with Crippen LogP contribution in [0, 0.1) is 5.82 Å². The van der Waals surface area contributed by atoms with Crippen LogP contribution in [0.1, 0.15) is 31.2 Å². The number of carbonyl (C=O) groups excluding carboxylic acids is 1. The lowest BCUT2D eigenvalue weighted by molar-refractivity contribution is -0.109. The molecule has 0 fully saturated rings. The van der Waals surface area contributed by atoms with E-state index in [1.54, 1.807) is 12.1 Å². The quantitative estimate of drug-likeness (QED) is 0.651. The number of benzene rings is 1. The van der Waals surface area contributed by atoms with E-state index in [0.717, 1.165) is 24.7 Å². The van der Waals surface area contributed by atoms with Gasteiger partial charge in [-0.25, -0.2) is 4.39 Å². The van der Waals surface area contributed by atoms with E-state index in [9.17, 15) is 9.18 Å². The Morgan fingerprint density at radius 1 is 1.38 bits per heavy atom. The van der Waals surface area contributed by atoms with Crippen molar-refractivity contribution in [2.24, 2.45) is 0 Å². The van der Waals surface area contributed by atoms with Crippen LogP contribution in [0.25, 0.3) is 0 Å². The molecule has 13 heavy (non-hydrogen) atoms. The second-order valence-electron chi connectivity index (χ2n) is 3.08. The molecule has 1 nitrogen and oxygen atoms in total. The van der Waals surface area contributed by atoms with E-state index >= 15 is 0 Å². The van der Waals surface area contributed by atoms with Crippen LogP contribution in [0.3, 0.4) is 0 Å². The summed E-state index contributed by atoms with van der Waals surface area (Å²) in [4.78, 5) is 10.7. The number of halogens is 1. The molecule has 0 spiro atoms. The van der Waals surface area contributed by atoms with E-state index < -0.39 is 0 Å². The predicted octanol–water partition coefficient (Wildman–Crippen LogP) is 2.91. The van der Waals surface area contributed by atoms with Gasteiger partial charge in [0, 0.05) is 5.92 Å². The summed E-state index contributed by atoms with van der Waals surface area (Å²) in [6, 6.07) is 6.12. The number of carbonyl (C=O) groups is 1. The van der Waals surface area contributed by atoms with Crippen molar-refractivity contribution >= 4 is 6.29 Å². The molecule has 1 unspecified atom stereocenters. The van der Waals surface area contributed by atoms with E-state index in [-0.39, 0.29) is 11.7 Å². The molecule has 0 N–H and O–H groups in total. The van der Waals surface area contributed by atoms with Crippen LogP contribution in [0.5, 0.6) is 0 Å². The van der Waals surface area contributed by atoms with E-state index in [2.05, 4.69) is 0 Å². The molecule has 0 aliphatic heterocycles. The molecule has 0 aliphatic carbocycles. The van der Waals surface area contributed by atoms with Crippen LogP contribution in [0.4, 0.5) is 4.39 Å². The monoisotopic (exact) mass is 180 g/mol. The van der Waals surface area contributed by atoms with Crippen LogP contribution < -0.4 is 0 Å². The molecule has 0 bridgehead atoms. The van der Waals surface area contributed by atoms with Crippen molar-refractivity contribution in [3.05, 3.63) is 35.6 Å². The zero-order valence-electron chi connectivity index (χ0n) is 7.66. The smallest absolute Gasteiger partial charge is 0.127 e. The van der Waals surface area contributed by atoms with Gasteiger partial charge >= 0.3 is 0 Å². The van der Waals surface area contributed by atoms with Crippen LogP contribution in [-0.4, -0.2) is 6.29 Å². The highest BCUT2D eigenvalue weighted by Crippen LogP contribution is 2.18. The van der Waals surface area contributed by atoms with Crippen molar-refractivity contribution in [1.82, 2.24) is 0 Å². The summed E-state index contributed by atoms with van der Waals surface area (Å²) in [5.41, 5.74) is 0.901. The first-order valence-electron chi connectivity index (χ1n) is 4.48. The summed E-state index contributed by atoms with van der Waals surface area (Å²) in [6.45, 7) is 2.03. The van der Waals surface area contributed by atoms with Gasteiger partial charge < -0.3 is 4.79 Å². The Hall–Kier alpha value is -1.18. The third-order valence-corrected chi connectivity index (χ3v) is 2.06. The van der Waals surface area contributed by atoms with Gasteiger partial charge in [0.15, 0.2) is 0 Å². The normalized spacial score (nSPS) is 12.5. The molecule has 1 aromatic rings. The number of aldehydes is 1. The maximum absolute atomic E-state index is 12.6. The molecule has 2 heteroatoms. The molecule has 0 saturated carbocycles. The average Bonchev–Trinajstić information content (AvgIpc) is 2.16. The first-order valence-corrected chi connectivity index (χ1v) is 4.48. The molecular weight excluding hydrogens is 167 g/mol. The van der Waals surface area contributed by atoms with Crippen molar-refractivity contribution < 1.29 is 9.18 Å². The van der Waals surface area contributed by atoms with Crippen LogP contribution in [-0.2, 0) is 4.79 Å². The minimum atomic E-state index is -0.259. The fraction of sp³-hybridized carbons (Fsp3) is 0.364. The first-order chi connectivity index (χ1) is 6.27. The highest BCUT2D eigenvalue weighted by molar-refractivity contribution is 5.61. The maximum Gasteiger partial charge on any atom is 0.127 e. The Balaban J connectivity index is 2.79. The zero-order valence-corrected chi connectivity index (χ0v) is 7.66. The largest absolute Gasteiger partial charge is 0.303 e. The number of hydrogen-bond donors (Lipinski definition) is 0. The molecule has 0 amide bonds. The van der Waals surface area contributed by atoms with E-state index in [0.29, 0.717) is 0 Å². The molecule has 0 radical (unpaired) electrons. The van der Waals surface area contributed by atoms with Gasteiger partial charge in [-0.05, 0) is 24.1 Å². The van der Waals surface area contributed by atoms with E-state index in [4.69, 9.17) is 0 Å². The van der Waals surface area contributed by atoms with Crippen molar-refractivity contribution in [2.45, 2.75) is 25.7 Å². The Labute approximate surface area is 77.6 Å². The predicted molar refractivity (Wildman–Crippen MR) is 50.1 cm³/mol. The maximum atomic E-state index is 12.6. The van der Waals surface area contributed by atoms with Gasteiger partial charge in [0.1, 0.15) is 12.1 Å².